The third-order valence-corrected chi connectivity index (χ3v) is 6.39. The van der Waals surface area contributed by atoms with Crippen LogP contribution in [0.1, 0.15) is 50.5 Å². The number of ether oxygens (including phenoxy) is 1. The Bertz CT molecular complexity index is 1050. The lowest BCUT2D eigenvalue weighted by molar-refractivity contribution is -0.886. The van der Waals surface area contributed by atoms with Crippen molar-refractivity contribution in [3.63, 3.8) is 0 Å². The lowest BCUT2D eigenvalue weighted by atomic mass is 9.84. The van der Waals surface area contributed by atoms with E-state index in [-0.39, 0.29) is 6.10 Å². The van der Waals surface area contributed by atoms with E-state index in [0.717, 1.165) is 28.9 Å². The SMILES string of the molecule is C[C@@H]1CN(c2nc(Nc3ccc(C4CCCCC4)cc3)c3ccc[n+](O)c3n2)CCO1. The lowest BCUT2D eigenvalue weighted by Gasteiger charge is -2.29. The molecular formula is C24H30N5O2+. The average molecular weight is 421 g/mol. The van der Waals surface area contributed by atoms with Crippen molar-refractivity contribution in [1.82, 2.24) is 9.97 Å². The van der Waals surface area contributed by atoms with Crippen LogP contribution in [0.4, 0.5) is 17.5 Å². The van der Waals surface area contributed by atoms with Gasteiger partial charge in [-0.25, -0.2) is 0 Å². The summed E-state index contributed by atoms with van der Waals surface area (Å²) in [5.74, 6) is 1.97. The van der Waals surface area contributed by atoms with Crippen LogP contribution in [-0.2, 0) is 4.74 Å². The summed E-state index contributed by atoms with van der Waals surface area (Å²) in [7, 11) is 0. The van der Waals surface area contributed by atoms with Crippen LogP contribution in [0.2, 0.25) is 0 Å². The maximum absolute atomic E-state index is 10.4. The number of benzene rings is 1. The molecule has 1 aromatic carbocycles. The third kappa shape index (κ3) is 4.28. The van der Waals surface area contributed by atoms with Crippen molar-refractivity contribution in [3.8, 4) is 0 Å². The molecule has 0 unspecified atom stereocenters. The van der Waals surface area contributed by atoms with Crippen molar-refractivity contribution in [2.45, 2.75) is 51.0 Å². The van der Waals surface area contributed by atoms with Gasteiger partial charge in [-0.1, -0.05) is 31.4 Å². The molecule has 0 amide bonds. The largest absolute Gasteiger partial charge is 0.376 e. The Kier molecular flexibility index (Phi) is 5.59. The highest BCUT2D eigenvalue weighted by Crippen LogP contribution is 2.33. The number of hydrogen-bond acceptors (Lipinski definition) is 6. The molecule has 3 heterocycles. The lowest BCUT2D eigenvalue weighted by Crippen LogP contribution is -2.42. The Morgan fingerprint density at radius 1 is 1.10 bits per heavy atom. The highest BCUT2D eigenvalue weighted by atomic mass is 16.5. The van der Waals surface area contributed by atoms with E-state index in [9.17, 15) is 5.21 Å². The zero-order chi connectivity index (χ0) is 21.2. The van der Waals surface area contributed by atoms with E-state index in [4.69, 9.17) is 9.72 Å². The van der Waals surface area contributed by atoms with E-state index in [2.05, 4.69) is 39.5 Å². The van der Waals surface area contributed by atoms with Gasteiger partial charge >= 0.3 is 11.6 Å². The predicted molar refractivity (Wildman–Crippen MR) is 120 cm³/mol. The summed E-state index contributed by atoms with van der Waals surface area (Å²) in [4.78, 5) is 11.6. The Morgan fingerprint density at radius 3 is 2.68 bits per heavy atom. The number of aromatic nitrogens is 3. The smallest absolute Gasteiger partial charge is 0.375 e. The highest BCUT2D eigenvalue weighted by Gasteiger charge is 2.26. The second-order valence-corrected chi connectivity index (χ2v) is 8.67. The number of nitrogens with zero attached hydrogens (tertiary/aromatic N) is 4. The fourth-order valence-electron chi connectivity index (χ4n) is 4.71. The number of hydrogen-bond donors (Lipinski definition) is 2. The van der Waals surface area contributed by atoms with E-state index in [1.165, 1.54) is 37.7 Å². The zero-order valence-corrected chi connectivity index (χ0v) is 18.0. The molecule has 1 aliphatic heterocycles. The normalized spacial score (nSPS) is 20.2. The van der Waals surface area contributed by atoms with Gasteiger partial charge in [-0.15, -0.1) is 0 Å². The summed E-state index contributed by atoms with van der Waals surface area (Å²) < 4.78 is 6.72. The molecule has 0 bridgehead atoms. The molecule has 7 heteroatoms. The molecule has 31 heavy (non-hydrogen) atoms. The molecule has 1 saturated heterocycles. The molecule has 2 aromatic heterocycles. The van der Waals surface area contributed by atoms with Crippen LogP contribution in [0.5, 0.6) is 0 Å². The Morgan fingerprint density at radius 2 is 1.90 bits per heavy atom. The molecule has 0 spiro atoms. The number of fused-ring (bicyclic) bond motifs is 1. The molecule has 162 valence electrons. The van der Waals surface area contributed by atoms with Crippen molar-refractivity contribution < 1.29 is 14.7 Å². The van der Waals surface area contributed by atoms with Crippen LogP contribution < -0.4 is 14.9 Å². The molecule has 3 aromatic rings. The fraction of sp³-hybridized carbons (Fsp3) is 0.458. The fourth-order valence-corrected chi connectivity index (χ4v) is 4.71. The molecule has 2 N–H and O–H groups in total. The maximum atomic E-state index is 10.4. The predicted octanol–water partition coefficient (Wildman–Crippen LogP) is 4.17. The van der Waals surface area contributed by atoms with Gasteiger partial charge in [0.05, 0.1) is 12.7 Å². The molecule has 1 aliphatic carbocycles. The molecular weight excluding hydrogens is 390 g/mol. The van der Waals surface area contributed by atoms with Crippen LogP contribution >= 0.6 is 0 Å². The van der Waals surface area contributed by atoms with Crippen LogP contribution in [0, 0.1) is 0 Å². The standard InChI is InChI=1S/C24H29N5O2/c1-17-16-28(14-15-31-17)24-26-22(21-8-5-13-29(30)23(21)27-24)25-20-11-9-19(10-12-20)18-6-3-2-4-7-18/h5,8-13,17-18,30H,2-4,6-7,14-16H2,1H3/p+1/t17-/m1/s1. The summed E-state index contributed by atoms with van der Waals surface area (Å²) >= 11 is 0. The van der Waals surface area contributed by atoms with E-state index in [1.807, 2.05) is 13.0 Å². The second kappa shape index (κ2) is 8.67. The first-order chi connectivity index (χ1) is 15.2. The Labute approximate surface area is 182 Å². The molecule has 1 atom stereocenters. The van der Waals surface area contributed by atoms with Gasteiger partial charge in [0, 0.05) is 23.8 Å². The Hall–Kier alpha value is -2.93. The molecule has 0 radical (unpaired) electrons. The number of morpholine rings is 1. The summed E-state index contributed by atoms with van der Waals surface area (Å²) in [6.45, 7) is 4.14. The van der Waals surface area contributed by atoms with Gasteiger partial charge in [-0.2, -0.15) is 4.98 Å². The topological polar surface area (TPSA) is 74.4 Å². The van der Waals surface area contributed by atoms with Crippen molar-refractivity contribution >= 4 is 28.5 Å². The zero-order valence-electron chi connectivity index (χ0n) is 18.0. The molecule has 2 aliphatic rings. The maximum Gasteiger partial charge on any atom is 0.376 e. The summed E-state index contributed by atoms with van der Waals surface area (Å²) in [6.07, 6.45) is 8.33. The van der Waals surface area contributed by atoms with Crippen LogP contribution in [0.15, 0.2) is 42.6 Å². The first-order valence-corrected chi connectivity index (χ1v) is 11.3. The van der Waals surface area contributed by atoms with E-state index >= 15 is 0 Å². The molecule has 5 rings (SSSR count). The first-order valence-electron chi connectivity index (χ1n) is 11.3. The summed E-state index contributed by atoms with van der Waals surface area (Å²) in [5.41, 5.74) is 2.89. The van der Waals surface area contributed by atoms with Gasteiger partial charge in [-0.05, 0) is 60.2 Å². The van der Waals surface area contributed by atoms with Crippen molar-refractivity contribution in [3.05, 3.63) is 48.2 Å². The summed E-state index contributed by atoms with van der Waals surface area (Å²) in [6, 6.07) is 12.4. The van der Waals surface area contributed by atoms with Gasteiger partial charge < -0.3 is 20.2 Å². The third-order valence-electron chi connectivity index (χ3n) is 6.39. The number of nitrogens with one attached hydrogen (secondary N) is 1. The monoisotopic (exact) mass is 420 g/mol. The van der Waals surface area contributed by atoms with Gasteiger partial charge in [0.15, 0.2) is 5.82 Å². The first kappa shape index (κ1) is 20.0. The van der Waals surface area contributed by atoms with Crippen molar-refractivity contribution in [2.24, 2.45) is 0 Å². The second-order valence-electron chi connectivity index (χ2n) is 8.67. The Balaban J connectivity index is 1.46. The average Bonchev–Trinajstić information content (AvgIpc) is 2.81. The van der Waals surface area contributed by atoms with Gasteiger partial charge in [-0.3, -0.25) is 0 Å². The van der Waals surface area contributed by atoms with Crippen molar-refractivity contribution in [2.75, 3.05) is 29.9 Å². The number of rotatable bonds is 4. The van der Waals surface area contributed by atoms with Crippen LogP contribution in [0.3, 0.4) is 0 Å². The van der Waals surface area contributed by atoms with Gasteiger partial charge in [0.25, 0.3) is 0 Å². The quantitative estimate of drug-likeness (QED) is 0.487. The minimum atomic E-state index is 0.119. The number of anilines is 3. The minimum absolute atomic E-state index is 0.119. The van der Waals surface area contributed by atoms with Crippen LogP contribution in [-0.4, -0.2) is 41.0 Å². The highest BCUT2D eigenvalue weighted by molar-refractivity contribution is 5.87. The van der Waals surface area contributed by atoms with E-state index in [0.29, 0.717) is 29.9 Å². The molecule has 7 nitrogen and oxygen atoms in total. The summed E-state index contributed by atoms with van der Waals surface area (Å²) in [5, 5.41) is 14.6. The van der Waals surface area contributed by atoms with E-state index < -0.39 is 0 Å². The molecule has 2 fully saturated rings. The van der Waals surface area contributed by atoms with Gasteiger partial charge in [0.2, 0.25) is 0 Å². The molecule has 1 saturated carbocycles. The van der Waals surface area contributed by atoms with E-state index in [1.54, 1.807) is 12.3 Å². The van der Waals surface area contributed by atoms with Crippen LogP contribution in [0.25, 0.3) is 11.0 Å². The van der Waals surface area contributed by atoms with Crippen molar-refractivity contribution in [1.29, 1.82) is 0 Å². The van der Waals surface area contributed by atoms with Gasteiger partial charge in [0.1, 0.15) is 11.6 Å². The minimum Gasteiger partial charge on any atom is -0.375 e. The number of pyridine rings is 1.